The summed E-state index contributed by atoms with van der Waals surface area (Å²) in [6.45, 7) is 6.01. The van der Waals surface area contributed by atoms with Crippen molar-refractivity contribution in [2.45, 2.75) is 33.4 Å². The van der Waals surface area contributed by atoms with Crippen molar-refractivity contribution in [3.63, 3.8) is 0 Å². The van der Waals surface area contributed by atoms with Gasteiger partial charge in [-0.25, -0.2) is 0 Å². The van der Waals surface area contributed by atoms with Crippen LogP contribution in [0.15, 0.2) is 66.7 Å². The van der Waals surface area contributed by atoms with Gasteiger partial charge >= 0.3 is 0 Å². The van der Waals surface area contributed by atoms with E-state index in [-0.39, 0.29) is 17.7 Å². The second-order valence-electron chi connectivity index (χ2n) is 7.07. The highest BCUT2D eigenvalue weighted by atomic mass is 16.2. The van der Waals surface area contributed by atoms with Gasteiger partial charge in [0.25, 0.3) is 5.91 Å². The number of hydrogen-bond acceptors (Lipinski definition) is 5. The van der Waals surface area contributed by atoms with Crippen LogP contribution < -0.4 is 5.32 Å². The summed E-state index contributed by atoms with van der Waals surface area (Å²) in [4.78, 5) is 26.1. The maximum Gasteiger partial charge on any atom is 0.274 e. The second kappa shape index (κ2) is 9.10. The average Bonchev–Trinajstić information content (AvgIpc) is 2.73. The number of aromatic nitrogens is 2. The van der Waals surface area contributed by atoms with Crippen LogP contribution in [-0.2, 0) is 6.54 Å². The number of ketones is 1. The SMILES string of the molecule is CC(=O)c1ccc(Nc2ccc(C(=O)N(Cc3ccccc3)C(C)C)nn2)cc1. The van der Waals surface area contributed by atoms with Crippen molar-refractivity contribution in [1.82, 2.24) is 15.1 Å². The van der Waals surface area contributed by atoms with Crippen molar-refractivity contribution in [2.24, 2.45) is 0 Å². The number of carbonyl (C=O) groups excluding carboxylic acids is 2. The first-order valence-electron chi connectivity index (χ1n) is 9.50. The van der Waals surface area contributed by atoms with Crippen molar-refractivity contribution < 1.29 is 9.59 Å². The molecule has 1 amide bonds. The first-order chi connectivity index (χ1) is 13.9. The van der Waals surface area contributed by atoms with Crippen LogP contribution in [0.2, 0.25) is 0 Å². The molecular weight excluding hydrogens is 364 g/mol. The van der Waals surface area contributed by atoms with Gasteiger partial charge in [-0.1, -0.05) is 30.3 Å². The highest BCUT2D eigenvalue weighted by Gasteiger charge is 2.20. The Morgan fingerprint density at radius 3 is 2.17 bits per heavy atom. The van der Waals surface area contributed by atoms with Gasteiger partial charge in [0.1, 0.15) is 0 Å². The van der Waals surface area contributed by atoms with Crippen LogP contribution in [0.25, 0.3) is 0 Å². The molecule has 3 aromatic rings. The molecule has 0 aliphatic carbocycles. The van der Waals surface area contributed by atoms with E-state index in [0.717, 1.165) is 11.3 Å². The van der Waals surface area contributed by atoms with E-state index in [1.165, 1.54) is 6.92 Å². The Bertz CT molecular complexity index is 968. The van der Waals surface area contributed by atoms with Crippen molar-refractivity contribution in [3.05, 3.63) is 83.6 Å². The quantitative estimate of drug-likeness (QED) is 0.604. The fourth-order valence-electron chi connectivity index (χ4n) is 2.87. The van der Waals surface area contributed by atoms with Crippen LogP contribution in [0.1, 0.15) is 47.2 Å². The molecule has 0 aliphatic rings. The Hall–Kier alpha value is -3.54. The number of Topliss-reactive ketones (excluding diaryl/α,β-unsaturated/α-hetero) is 1. The maximum absolute atomic E-state index is 12.9. The minimum Gasteiger partial charge on any atom is -0.339 e. The number of nitrogens with zero attached hydrogens (tertiary/aromatic N) is 3. The summed E-state index contributed by atoms with van der Waals surface area (Å²) in [6.07, 6.45) is 0. The molecule has 0 atom stereocenters. The molecule has 0 unspecified atom stereocenters. The summed E-state index contributed by atoms with van der Waals surface area (Å²) in [5.74, 6) is 0.384. The number of rotatable bonds is 7. The topological polar surface area (TPSA) is 75.2 Å². The number of nitrogens with one attached hydrogen (secondary N) is 1. The molecule has 1 aromatic heterocycles. The van der Waals surface area contributed by atoms with Crippen LogP contribution in [0.4, 0.5) is 11.5 Å². The van der Waals surface area contributed by atoms with E-state index in [9.17, 15) is 9.59 Å². The largest absolute Gasteiger partial charge is 0.339 e. The Balaban J connectivity index is 1.70. The molecule has 0 saturated heterocycles. The molecule has 0 aliphatic heterocycles. The monoisotopic (exact) mass is 388 g/mol. The van der Waals surface area contributed by atoms with Crippen molar-refractivity contribution in [1.29, 1.82) is 0 Å². The Morgan fingerprint density at radius 1 is 0.931 bits per heavy atom. The normalized spacial score (nSPS) is 10.6. The highest BCUT2D eigenvalue weighted by Crippen LogP contribution is 2.17. The molecule has 1 heterocycles. The van der Waals surface area contributed by atoms with Gasteiger partial charge in [0, 0.05) is 23.8 Å². The zero-order valence-corrected chi connectivity index (χ0v) is 16.8. The van der Waals surface area contributed by atoms with Gasteiger partial charge in [-0.2, -0.15) is 0 Å². The molecule has 29 heavy (non-hydrogen) atoms. The molecule has 0 bridgehead atoms. The maximum atomic E-state index is 12.9. The molecule has 3 rings (SSSR count). The van der Waals surface area contributed by atoms with E-state index in [0.29, 0.717) is 23.6 Å². The zero-order valence-electron chi connectivity index (χ0n) is 16.8. The lowest BCUT2D eigenvalue weighted by Gasteiger charge is -2.26. The average molecular weight is 388 g/mol. The molecule has 1 N–H and O–H groups in total. The van der Waals surface area contributed by atoms with Crippen molar-refractivity contribution in [2.75, 3.05) is 5.32 Å². The van der Waals surface area contributed by atoms with E-state index < -0.39 is 0 Å². The van der Waals surface area contributed by atoms with Crippen molar-refractivity contribution in [3.8, 4) is 0 Å². The van der Waals surface area contributed by atoms with E-state index in [2.05, 4.69) is 15.5 Å². The number of carbonyl (C=O) groups is 2. The zero-order chi connectivity index (χ0) is 20.8. The fourth-order valence-corrected chi connectivity index (χ4v) is 2.87. The van der Waals surface area contributed by atoms with E-state index in [1.807, 2.05) is 44.2 Å². The van der Waals surface area contributed by atoms with Gasteiger partial charge in [-0.3, -0.25) is 9.59 Å². The molecule has 6 heteroatoms. The fraction of sp³-hybridized carbons (Fsp3) is 0.217. The third kappa shape index (κ3) is 5.25. The summed E-state index contributed by atoms with van der Waals surface area (Å²) in [5, 5.41) is 11.4. The number of hydrogen-bond donors (Lipinski definition) is 1. The molecule has 0 saturated carbocycles. The van der Waals surface area contributed by atoms with Crippen LogP contribution in [0.5, 0.6) is 0 Å². The molecule has 6 nitrogen and oxygen atoms in total. The van der Waals surface area contributed by atoms with Crippen LogP contribution >= 0.6 is 0 Å². The molecule has 0 spiro atoms. The standard InChI is InChI=1S/C23H24N4O2/c1-16(2)27(15-18-7-5-4-6-8-18)23(29)21-13-14-22(26-25-21)24-20-11-9-19(10-12-20)17(3)28/h4-14,16H,15H2,1-3H3,(H,24,26). The predicted octanol–water partition coefficient (Wildman–Crippen LogP) is 4.47. The number of benzene rings is 2. The summed E-state index contributed by atoms with van der Waals surface area (Å²) >= 11 is 0. The van der Waals surface area contributed by atoms with Gasteiger partial charge in [0.2, 0.25) is 0 Å². The summed E-state index contributed by atoms with van der Waals surface area (Å²) in [6, 6.07) is 20.4. The Kier molecular flexibility index (Phi) is 6.34. The molecule has 0 fully saturated rings. The smallest absolute Gasteiger partial charge is 0.274 e. The molecule has 148 valence electrons. The minimum absolute atomic E-state index is 0.0180. The summed E-state index contributed by atoms with van der Waals surface area (Å²) in [5.41, 5.74) is 2.80. The lowest BCUT2D eigenvalue weighted by molar-refractivity contribution is 0.0683. The first-order valence-corrected chi connectivity index (χ1v) is 9.50. The van der Waals surface area contributed by atoms with Crippen molar-refractivity contribution >= 4 is 23.2 Å². The van der Waals surface area contributed by atoms with Gasteiger partial charge in [0.15, 0.2) is 17.3 Å². The van der Waals surface area contributed by atoms with E-state index in [4.69, 9.17) is 0 Å². The second-order valence-corrected chi connectivity index (χ2v) is 7.07. The van der Waals surface area contributed by atoms with Gasteiger partial charge in [0.05, 0.1) is 0 Å². The van der Waals surface area contributed by atoms with Gasteiger partial charge in [-0.05, 0) is 62.7 Å². The summed E-state index contributed by atoms with van der Waals surface area (Å²) < 4.78 is 0. The highest BCUT2D eigenvalue weighted by molar-refractivity contribution is 5.94. The summed E-state index contributed by atoms with van der Waals surface area (Å²) in [7, 11) is 0. The third-order valence-electron chi connectivity index (χ3n) is 4.53. The number of amides is 1. The van der Waals surface area contributed by atoms with E-state index >= 15 is 0 Å². The lowest BCUT2D eigenvalue weighted by Crippen LogP contribution is -2.37. The Morgan fingerprint density at radius 2 is 1.62 bits per heavy atom. The van der Waals surface area contributed by atoms with Crippen LogP contribution in [0.3, 0.4) is 0 Å². The molecule has 0 radical (unpaired) electrons. The predicted molar refractivity (Wildman–Crippen MR) is 113 cm³/mol. The Labute approximate surface area is 170 Å². The minimum atomic E-state index is -0.159. The van der Waals surface area contributed by atoms with E-state index in [1.54, 1.807) is 41.3 Å². The third-order valence-corrected chi connectivity index (χ3v) is 4.53. The first kappa shape index (κ1) is 20.2. The molecular formula is C23H24N4O2. The molecule has 2 aromatic carbocycles. The van der Waals surface area contributed by atoms with Gasteiger partial charge in [-0.15, -0.1) is 10.2 Å². The lowest BCUT2D eigenvalue weighted by atomic mass is 10.1. The van der Waals surface area contributed by atoms with Crippen LogP contribution in [0, 0.1) is 0 Å². The number of anilines is 2. The van der Waals surface area contributed by atoms with Crippen LogP contribution in [-0.4, -0.2) is 32.8 Å². The van der Waals surface area contributed by atoms with Gasteiger partial charge < -0.3 is 10.2 Å².